The minimum absolute atomic E-state index is 0.0410. The van der Waals surface area contributed by atoms with Gasteiger partial charge in [-0.15, -0.1) is 0 Å². The summed E-state index contributed by atoms with van der Waals surface area (Å²) >= 11 is 0. The second-order valence-corrected chi connectivity index (χ2v) is 5.52. The first-order valence-electron chi connectivity index (χ1n) is 3.78. The molecule has 2 fully saturated rings. The maximum atomic E-state index is 11.2. The van der Waals surface area contributed by atoms with Crippen LogP contribution in [0.2, 0.25) is 0 Å². The van der Waals surface area contributed by atoms with Crippen molar-refractivity contribution in [3.05, 3.63) is 0 Å². The number of carbonyl (C=O) groups excluding carboxylic acids is 2. The summed E-state index contributed by atoms with van der Waals surface area (Å²) in [5.74, 6) is -0.850. The molecule has 7 heteroatoms. The van der Waals surface area contributed by atoms with Gasteiger partial charge < -0.3 is 5.32 Å². The van der Waals surface area contributed by atoms with Crippen LogP contribution >= 0.6 is 0 Å². The van der Waals surface area contributed by atoms with Crippen LogP contribution in [-0.4, -0.2) is 37.4 Å². The van der Waals surface area contributed by atoms with E-state index < -0.39 is 27.3 Å². The van der Waals surface area contributed by atoms with Gasteiger partial charge in [0.25, 0.3) is 5.91 Å². The second-order valence-electron chi connectivity index (χ2n) is 3.33. The van der Waals surface area contributed by atoms with Gasteiger partial charge in [0.1, 0.15) is 5.54 Å². The average Bonchev–Trinajstić information content (AvgIpc) is 2.38. The quantitative estimate of drug-likeness (QED) is 0.464. The zero-order valence-electron chi connectivity index (χ0n) is 6.66. The molecule has 0 aromatic carbocycles. The van der Waals surface area contributed by atoms with Gasteiger partial charge in [-0.25, -0.2) is 13.2 Å². The molecule has 2 rings (SSSR count). The van der Waals surface area contributed by atoms with Gasteiger partial charge in [-0.2, -0.15) is 0 Å². The van der Waals surface area contributed by atoms with Crippen molar-refractivity contribution in [2.24, 2.45) is 0 Å². The van der Waals surface area contributed by atoms with Crippen molar-refractivity contribution in [2.75, 3.05) is 11.5 Å². The molecular weight excluding hydrogens is 196 g/mol. The van der Waals surface area contributed by atoms with E-state index in [1.54, 1.807) is 0 Å². The van der Waals surface area contributed by atoms with Crippen LogP contribution in [0.3, 0.4) is 0 Å². The number of sulfone groups is 1. The van der Waals surface area contributed by atoms with Gasteiger partial charge in [0.2, 0.25) is 0 Å². The third-order valence-corrected chi connectivity index (χ3v) is 4.08. The number of nitrogens with one attached hydrogen (secondary N) is 2. The van der Waals surface area contributed by atoms with E-state index in [9.17, 15) is 18.0 Å². The van der Waals surface area contributed by atoms with Gasteiger partial charge in [-0.3, -0.25) is 10.1 Å². The molecule has 1 spiro atoms. The Labute approximate surface area is 74.6 Å². The zero-order chi connectivity index (χ0) is 9.69. The van der Waals surface area contributed by atoms with Gasteiger partial charge in [0, 0.05) is 0 Å². The van der Waals surface area contributed by atoms with Crippen LogP contribution in [-0.2, 0) is 14.6 Å². The van der Waals surface area contributed by atoms with Gasteiger partial charge in [-0.1, -0.05) is 0 Å². The lowest BCUT2D eigenvalue weighted by molar-refractivity contribution is -0.123. The fourth-order valence-corrected chi connectivity index (χ4v) is 3.56. The fraction of sp³-hybridized carbons (Fsp3) is 0.667. The largest absolute Gasteiger partial charge is 0.322 e. The molecule has 0 aromatic rings. The highest BCUT2D eigenvalue weighted by molar-refractivity contribution is 7.91. The van der Waals surface area contributed by atoms with Crippen molar-refractivity contribution < 1.29 is 18.0 Å². The van der Waals surface area contributed by atoms with Crippen LogP contribution in [0.15, 0.2) is 0 Å². The molecule has 0 aromatic heterocycles. The Morgan fingerprint density at radius 1 is 1.31 bits per heavy atom. The van der Waals surface area contributed by atoms with Crippen LogP contribution in [0, 0.1) is 0 Å². The lowest BCUT2D eigenvalue weighted by Crippen LogP contribution is -2.47. The zero-order valence-corrected chi connectivity index (χ0v) is 7.48. The van der Waals surface area contributed by atoms with Gasteiger partial charge in [0.05, 0.1) is 11.5 Å². The molecule has 2 aliphatic heterocycles. The van der Waals surface area contributed by atoms with Crippen LogP contribution in [0.4, 0.5) is 4.79 Å². The number of imide groups is 1. The van der Waals surface area contributed by atoms with E-state index in [0.29, 0.717) is 0 Å². The highest BCUT2D eigenvalue weighted by Crippen LogP contribution is 2.26. The molecule has 3 amide bonds. The Morgan fingerprint density at radius 3 is 2.38 bits per heavy atom. The van der Waals surface area contributed by atoms with Crippen molar-refractivity contribution in [1.82, 2.24) is 10.6 Å². The highest BCUT2D eigenvalue weighted by Gasteiger charge is 2.53. The molecule has 2 N–H and O–H groups in total. The van der Waals surface area contributed by atoms with Crippen molar-refractivity contribution >= 4 is 21.8 Å². The summed E-state index contributed by atoms with van der Waals surface area (Å²) in [5, 5.41) is 4.39. The van der Waals surface area contributed by atoms with Gasteiger partial charge in [0.15, 0.2) is 9.84 Å². The van der Waals surface area contributed by atoms with E-state index >= 15 is 0 Å². The van der Waals surface area contributed by atoms with Crippen molar-refractivity contribution in [1.29, 1.82) is 0 Å². The number of rotatable bonds is 0. The molecular formula is C6H8N2O4S. The maximum absolute atomic E-state index is 11.2. The first kappa shape index (κ1) is 8.49. The van der Waals surface area contributed by atoms with Crippen LogP contribution in [0.5, 0.6) is 0 Å². The SMILES string of the molecule is O=C1NC(=O)C2(CCS(=O)(=O)C2)N1. The van der Waals surface area contributed by atoms with Gasteiger partial charge in [-0.05, 0) is 6.42 Å². The number of carbonyl (C=O) groups is 2. The predicted octanol–water partition coefficient (Wildman–Crippen LogP) is -1.62. The predicted molar refractivity (Wildman–Crippen MR) is 42.7 cm³/mol. The third kappa shape index (κ3) is 1.19. The lowest BCUT2D eigenvalue weighted by atomic mass is 10.0. The molecule has 13 heavy (non-hydrogen) atoms. The maximum Gasteiger partial charge on any atom is 0.322 e. The van der Waals surface area contributed by atoms with E-state index in [4.69, 9.17) is 0 Å². The minimum Gasteiger partial charge on any atom is -0.322 e. The molecule has 72 valence electrons. The van der Waals surface area contributed by atoms with E-state index in [-0.39, 0.29) is 17.9 Å². The van der Waals surface area contributed by atoms with Crippen molar-refractivity contribution in [3.8, 4) is 0 Å². The van der Waals surface area contributed by atoms with E-state index in [0.717, 1.165) is 0 Å². The van der Waals surface area contributed by atoms with Crippen LogP contribution in [0.1, 0.15) is 6.42 Å². The smallest absolute Gasteiger partial charge is 0.322 e. The molecule has 1 unspecified atom stereocenters. The molecule has 6 nitrogen and oxygen atoms in total. The number of urea groups is 1. The lowest BCUT2D eigenvalue weighted by Gasteiger charge is -2.15. The average molecular weight is 204 g/mol. The summed E-state index contributed by atoms with van der Waals surface area (Å²) in [7, 11) is -3.17. The van der Waals surface area contributed by atoms with Crippen molar-refractivity contribution in [2.45, 2.75) is 12.0 Å². The molecule has 2 heterocycles. The fourth-order valence-electron chi connectivity index (χ4n) is 1.66. The Hall–Kier alpha value is -1.11. The number of hydrogen-bond acceptors (Lipinski definition) is 4. The number of amides is 3. The monoisotopic (exact) mass is 204 g/mol. The topological polar surface area (TPSA) is 92.3 Å². The summed E-state index contributed by atoms with van der Waals surface area (Å²) < 4.78 is 22.2. The normalized spacial score (nSPS) is 36.3. The first-order valence-corrected chi connectivity index (χ1v) is 5.60. The molecule has 1 atom stereocenters. The summed E-state index contributed by atoms with van der Waals surface area (Å²) in [6, 6.07) is -0.609. The van der Waals surface area contributed by atoms with E-state index in [1.807, 2.05) is 5.32 Å². The first-order chi connectivity index (χ1) is 5.94. The Balaban J connectivity index is 2.34. The Bertz CT molecular complexity index is 387. The number of hydrogen-bond donors (Lipinski definition) is 2. The molecule has 0 radical (unpaired) electrons. The Kier molecular flexibility index (Phi) is 1.45. The Morgan fingerprint density at radius 2 is 2.00 bits per heavy atom. The van der Waals surface area contributed by atoms with E-state index in [1.165, 1.54) is 0 Å². The summed E-state index contributed by atoms with van der Waals surface area (Å²) in [4.78, 5) is 22.0. The molecule has 0 saturated carbocycles. The molecule has 0 aliphatic carbocycles. The highest BCUT2D eigenvalue weighted by atomic mass is 32.2. The minimum atomic E-state index is -3.17. The summed E-state index contributed by atoms with van der Waals surface area (Å²) in [6.07, 6.45) is 0.174. The summed E-state index contributed by atoms with van der Waals surface area (Å²) in [5.41, 5.74) is -1.18. The standard InChI is InChI=1S/C6H8N2O4S/c9-4-6(8-5(10)7-4)1-2-13(11,12)3-6/h1-3H2,(H2,7,8,9,10). The van der Waals surface area contributed by atoms with E-state index in [2.05, 4.69) is 5.32 Å². The third-order valence-electron chi connectivity index (χ3n) is 2.32. The molecule has 2 aliphatic rings. The molecule has 2 saturated heterocycles. The van der Waals surface area contributed by atoms with Gasteiger partial charge >= 0.3 is 6.03 Å². The van der Waals surface area contributed by atoms with Crippen LogP contribution in [0.25, 0.3) is 0 Å². The second kappa shape index (κ2) is 2.22. The van der Waals surface area contributed by atoms with Crippen LogP contribution < -0.4 is 10.6 Å². The van der Waals surface area contributed by atoms with Crippen molar-refractivity contribution in [3.63, 3.8) is 0 Å². The molecule has 0 bridgehead atoms. The summed E-state index contributed by atoms with van der Waals surface area (Å²) in [6.45, 7) is 0.